The van der Waals surface area contributed by atoms with Gasteiger partial charge < -0.3 is 10.5 Å². The largest absolute Gasteiger partial charge is 0.374 e. The van der Waals surface area contributed by atoms with E-state index in [-0.39, 0.29) is 5.60 Å². The molecule has 2 nitrogen and oxygen atoms in total. The lowest BCUT2D eigenvalue weighted by molar-refractivity contribution is 0.00882. The summed E-state index contributed by atoms with van der Waals surface area (Å²) >= 11 is 0. The molecule has 0 bridgehead atoms. The van der Waals surface area contributed by atoms with Crippen molar-refractivity contribution in [3.63, 3.8) is 0 Å². The first-order chi connectivity index (χ1) is 4.33. The van der Waals surface area contributed by atoms with Gasteiger partial charge in [-0.05, 0) is 19.3 Å². The van der Waals surface area contributed by atoms with Crippen LogP contribution in [-0.2, 0) is 4.74 Å². The summed E-state index contributed by atoms with van der Waals surface area (Å²) < 4.78 is 5.51. The van der Waals surface area contributed by atoms with Gasteiger partial charge >= 0.3 is 0 Å². The summed E-state index contributed by atoms with van der Waals surface area (Å²) in [6.07, 6.45) is 3.40. The lowest BCUT2D eigenvalue weighted by atomic mass is 9.98. The van der Waals surface area contributed by atoms with Gasteiger partial charge in [-0.3, -0.25) is 0 Å². The molecule has 0 aromatic carbocycles. The Labute approximate surface area is 56.4 Å². The molecule has 9 heavy (non-hydrogen) atoms. The highest BCUT2D eigenvalue weighted by molar-refractivity contribution is 4.84. The van der Waals surface area contributed by atoms with Crippen LogP contribution in [0.2, 0.25) is 0 Å². The molecule has 0 radical (unpaired) electrons. The predicted octanol–water partition coefficient (Wildman–Crippen LogP) is 0.904. The number of rotatable bonds is 2. The Morgan fingerprint density at radius 2 is 2.44 bits per heavy atom. The molecule has 1 aliphatic rings. The van der Waals surface area contributed by atoms with Crippen molar-refractivity contribution >= 4 is 0 Å². The van der Waals surface area contributed by atoms with E-state index in [9.17, 15) is 0 Å². The zero-order chi connectivity index (χ0) is 6.74. The molecule has 2 heteroatoms. The van der Waals surface area contributed by atoms with E-state index in [0.717, 1.165) is 19.4 Å². The summed E-state index contributed by atoms with van der Waals surface area (Å²) in [7, 11) is 0. The molecule has 1 rings (SSSR count). The number of ether oxygens (including phenoxy) is 1. The van der Waals surface area contributed by atoms with Crippen molar-refractivity contribution in [2.24, 2.45) is 5.73 Å². The van der Waals surface area contributed by atoms with Gasteiger partial charge in [-0.2, -0.15) is 0 Å². The first-order valence-electron chi connectivity index (χ1n) is 3.67. The molecule has 1 saturated heterocycles. The molecule has 2 N–H and O–H groups in total. The van der Waals surface area contributed by atoms with Crippen LogP contribution in [0.25, 0.3) is 0 Å². The minimum Gasteiger partial charge on any atom is -0.374 e. The Bertz CT molecular complexity index is 80.9. The van der Waals surface area contributed by atoms with Crippen LogP contribution >= 0.6 is 0 Å². The minimum atomic E-state index is 0.0556. The van der Waals surface area contributed by atoms with Crippen LogP contribution in [0.15, 0.2) is 0 Å². The molecular weight excluding hydrogens is 114 g/mol. The Balaban J connectivity index is 2.45. The van der Waals surface area contributed by atoms with Gasteiger partial charge in [0.15, 0.2) is 0 Å². The molecule has 0 spiro atoms. The fraction of sp³-hybridized carbons (Fsp3) is 1.00. The van der Waals surface area contributed by atoms with Crippen LogP contribution in [0.1, 0.15) is 26.2 Å². The maximum atomic E-state index is 5.55. The van der Waals surface area contributed by atoms with Crippen molar-refractivity contribution < 1.29 is 4.74 Å². The molecule has 1 atom stereocenters. The quantitative estimate of drug-likeness (QED) is 0.601. The second-order valence-corrected chi connectivity index (χ2v) is 2.69. The highest BCUT2D eigenvalue weighted by Crippen LogP contribution is 2.27. The van der Waals surface area contributed by atoms with Gasteiger partial charge in [0, 0.05) is 13.2 Å². The molecule has 1 heterocycles. The van der Waals surface area contributed by atoms with Crippen molar-refractivity contribution in [1.29, 1.82) is 0 Å². The monoisotopic (exact) mass is 129 g/mol. The molecule has 0 saturated carbocycles. The second kappa shape index (κ2) is 2.67. The van der Waals surface area contributed by atoms with E-state index >= 15 is 0 Å². The Kier molecular flexibility index (Phi) is 2.09. The Morgan fingerprint density at radius 1 is 1.67 bits per heavy atom. The Morgan fingerprint density at radius 3 is 2.67 bits per heavy atom. The Hall–Kier alpha value is -0.0800. The average molecular weight is 129 g/mol. The number of nitrogens with two attached hydrogens (primary N) is 1. The standard InChI is InChI=1S/C7H15NO/c1-2-7(6-8)4-3-5-9-7/h2-6,8H2,1H3. The number of hydrogen-bond acceptors (Lipinski definition) is 2. The highest BCUT2D eigenvalue weighted by atomic mass is 16.5. The van der Waals surface area contributed by atoms with Crippen LogP contribution in [0.4, 0.5) is 0 Å². The summed E-state index contributed by atoms with van der Waals surface area (Å²) in [5.74, 6) is 0. The summed E-state index contributed by atoms with van der Waals surface area (Å²) in [6, 6.07) is 0. The third-order valence-electron chi connectivity index (χ3n) is 2.20. The predicted molar refractivity (Wildman–Crippen MR) is 37.3 cm³/mol. The molecule has 0 aromatic heterocycles. The fourth-order valence-corrected chi connectivity index (χ4v) is 1.34. The van der Waals surface area contributed by atoms with E-state index < -0.39 is 0 Å². The molecule has 1 unspecified atom stereocenters. The van der Waals surface area contributed by atoms with E-state index in [2.05, 4.69) is 6.92 Å². The third kappa shape index (κ3) is 1.25. The van der Waals surface area contributed by atoms with Gasteiger partial charge in [-0.1, -0.05) is 6.92 Å². The van der Waals surface area contributed by atoms with E-state index in [0.29, 0.717) is 6.54 Å². The van der Waals surface area contributed by atoms with Crippen LogP contribution < -0.4 is 5.73 Å². The molecule has 0 amide bonds. The van der Waals surface area contributed by atoms with Gasteiger partial charge in [0.1, 0.15) is 0 Å². The maximum Gasteiger partial charge on any atom is 0.0802 e. The third-order valence-corrected chi connectivity index (χ3v) is 2.20. The normalized spacial score (nSPS) is 35.3. The second-order valence-electron chi connectivity index (χ2n) is 2.69. The van der Waals surface area contributed by atoms with Crippen molar-refractivity contribution in [2.45, 2.75) is 31.8 Å². The lowest BCUT2D eigenvalue weighted by Gasteiger charge is -2.24. The summed E-state index contributed by atoms with van der Waals surface area (Å²) in [6.45, 7) is 3.73. The average Bonchev–Trinajstić information content (AvgIpc) is 2.36. The van der Waals surface area contributed by atoms with Crippen molar-refractivity contribution in [3.8, 4) is 0 Å². The minimum absolute atomic E-state index is 0.0556. The van der Waals surface area contributed by atoms with Crippen molar-refractivity contribution in [3.05, 3.63) is 0 Å². The van der Waals surface area contributed by atoms with E-state index in [4.69, 9.17) is 10.5 Å². The zero-order valence-electron chi connectivity index (χ0n) is 6.02. The summed E-state index contributed by atoms with van der Waals surface area (Å²) in [5.41, 5.74) is 5.61. The number of hydrogen-bond donors (Lipinski definition) is 1. The molecule has 54 valence electrons. The fourth-order valence-electron chi connectivity index (χ4n) is 1.34. The van der Waals surface area contributed by atoms with Gasteiger partial charge in [0.05, 0.1) is 5.60 Å². The molecule has 1 fully saturated rings. The van der Waals surface area contributed by atoms with Crippen molar-refractivity contribution in [1.82, 2.24) is 0 Å². The first-order valence-corrected chi connectivity index (χ1v) is 3.67. The van der Waals surface area contributed by atoms with E-state index in [1.54, 1.807) is 0 Å². The summed E-state index contributed by atoms with van der Waals surface area (Å²) in [4.78, 5) is 0. The van der Waals surface area contributed by atoms with Crippen LogP contribution in [0.3, 0.4) is 0 Å². The lowest BCUT2D eigenvalue weighted by Crippen LogP contribution is -2.35. The maximum absolute atomic E-state index is 5.55. The van der Waals surface area contributed by atoms with Gasteiger partial charge in [-0.15, -0.1) is 0 Å². The van der Waals surface area contributed by atoms with Crippen LogP contribution in [-0.4, -0.2) is 18.8 Å². The first kappa shape index (κ1) is 7.03. The smallest absolute Gasteiger partial charge is 0.0802 e. The van der Waals surface area contributed by atoms with Crippen LogP contribution in [0.5, 0.6) is 0 Å². The molecular formula is C7H15NO. The SMILES string of the molecule is CCC1(CN)CCCO1. The van der Waals surface area contributed by atoms with Gasteiger partial charge in [0.2, 0.25) is 0 Å². The topological polar surface area (TPSA) is 35.2 Å². The molecule has 0 aliphatic carbocycles. The van der Waals surface area contributed by atoms with Gasteiger partial charge in [0.25, 0.3) is 0 Å². The van der Waals surface area contributed by atoms with E-state index in [1.807, 2.05) is 0 Å². The van der Waals surface area contributed by atoms with Crippen molar-refractivity contribution in [2.75, 3.05) is 13.2 Å². The molecule has 1 aliphatic heterocycles. The highest BCUT2D eigenvalue weighted by Gasteiger charge is 2.31. The van der Waals surface area contributed by atoms with E-state index in [1.165, 1.54) is 6.42 Å². The summed E-state index contributed by atoms with van der Waals surface area (Å²) in [5, 5.41) is 0. The van der Waals surface area contributed by atoms with Gasteiger partial charge in [-0.25, -0.2) is 0 Å². The zero-order valence-corrected chi connectivity index (χ0v) is 6.02. The van der Waals surface area contributed by atoms with Crippen LogP contribution in [0, 0.1) is 0 Å². The molecule has 0 aromatic rings.